The predicted octanol–water partition coefficient (Wildman–Crippen LogP) is 1.61. The van der Waals surface area contributed by atoms with E-state index in [2.05, 4.69) is 5.32 Å². The number of carboxylic acid groups (broad SMARTS) is 1. The third-order valence-electron chi connectivity index (χ3n) is 6.76. The number of rotatable bonds is 8. The van der Waals surface area contributed by atoms with E-state index < -0.39 is 22.3 Å². The number of aliphatic carboxylic acids is 1. The zero-order valence-electron chi connectivity index (χ0n) is 16.9. The minimum absolute atomic E-state index is 0.00621. The van der Waals surface area contributed by atoms with Gasteiger partial charge in [0, 0.05) is 6.42 Å². The number of carbonyl (C=O) groups excluding carboxylic acids is 2. The second kappa shape index (κ2) is 6.62. The van der Waals surface area contributed by atoms with Gasteiger partial charge in [-0.25, -0.2) is 9.86 Å². The average molecular weight is 432 g/mol. The van der Waals surface area contributed by atoms with Gasteiger partial charge >= 0.3 is 5.97 Å². The number of thioether (sulfide) groups is 1. The molecule has 2 aliphatic carbocycles. The summed E-state index contributed by atoms with van der Waals surface area (Å²) in [5, 5.41) is 13.7. The monoisotopic (exact) mass is 431 g/mol. The van der Waals surface area contributed by atoms with Crippen molar-refractivity contribution in [3.05, 3.63) is 30.3 Å². The van der Waals surface area contributed by atoms with Crippen LogP contribution in [0.1, 0.15) is 33.1 Å². The van der Waals surface area contributed by atoms with Crippen LogP contribution in [-0.4, -0.2) is 62.1 Å². The first-order valence-electron chi connectivity index (χ1n) is 10.3. The lowest BCUT2D eigenvalue weighted by atomic mass is 10.0. The van der Waals surface area contributed by atoms with Crippen LogP contribution in [0, 0.1) is 5.92 Å². The van der Waals surface area contributed by atoms with E-state index in [1.807, 2.05) is 44.2 Å². The van der Waals surface area contributed by atoms with Crippen molar-refractivity contribution in [3.63, 3.8) is 0 Å². The van der Waals surface area contributed by atoms with Crippen LogP contribution < -0.4 is 10.4 Å². The number of β-lactam (4-membered cyclic amide) rings is 1. The molecular weight excluding hydrogens is 406 g/mol. The Hall–Kier alpha value is -2.26. The minimum Gasteiger partial charge on any atom is -0.479 e. The van der Waals surface area contributed by atoms with E-state index in [1.165, 1.54) is 16.7 Å². The van der Waals surface area contributed by atoms with E-state index >= 15 is 0 Å². The molecule has 1 aromatic rings. The highest BCUT2D eigenvalue weighted by atomic mass is 32.2. The van der Waals surface area contributed by atoms with Crippen LogP contribution in [0.25, 0.3) is 0 Å². The van der Waals surface area contributed by atoms with Crippen molar-refractivity contribution >= 4 is 35.2 Å². The number of hydrogen-bond donors (Lipinski definition) is 2. The molecule has 0 aromatic heterocycles. The largest absolute Gasteiger partial charge is 0.479 e. The molecule has 4 aliphatic rings. The Bertz CT molecular complexity index is 909. The Morgan fingerprint density at radius 3 is 2.70 bits per heavy atom. The van der Waals surface area contributed by atoms with E-state index in [9.17, 15) is 19.5 Å². The lowest BCUT2D eigenvalue weighted by Gasteiger charge is -2.46. The number of benzene rings is 1. The lowest BCUT2D eigenvalue weighted by Crippen LogP contribution is -2.72. The molecular formula is C21H25N3O5S. The summed E-state index contributed by atoms with van der Waals surface area (Å²) in [5.74, 6) is -1.09. The maximum absolute atomic E-state index is 12.8. The SMILES string of the molecule is CC(ON(CC(=O)NC1C(=O)N2[C@H]1SC1(C)CC21C(=O)O)c1ccccc1)C1CC1. The summed E-state index contributed by atoms with van der Waals surface area (Å²) in [6, 6.07) is 8.72. The van der Waals surface area contributed by atoms with Crippen LogP contribution in [0.2, 0.25) is 0 Å². The maximum atomic E-state index is 12.8. The third-order valence-corrected chi connectivity index (χ3v) is 8.49. The van der Waals surface area contributed by atoms with Crippen molar-refractivity contribution in [1.82, 2.24) is 10.2 Å². The van der Waals surface area contributed by atoms with Gasteiger partial charge in [-0.2, -0.15) is 0 Å². The van der Waals surface area contributed by atoms with Gasteiger partial charge in [-0.15, -0.1) is 11.8 Å². The molecule has 160 valence electrons. The smallest absolute Gasteiger partial charge is 0.331 e. The van der Waals surface area contributed by atoms with Crippen molar-refractivity contribution in [2.45, 2.75) is 60.9 Å². The fraction of sp³-hybridized carbons (Fsp3) is 0.571. The van der Waals surface area contributed by atoms with Gasteiger partial charge in [-0.1, -0.05) is 18.2 Å². The van der Waals surface area contributed by atoms with Crippen molar-refractivity contribution < 1.29 is 24.3 Å². The van der Waals surface area contributed by atoms with Crippen LogP contribution >= 0.6 is 11.8 Å². The van der Waals surface area contributed by atoms with E-state index in [0.29, 0.717) is 12.3 Å². The van der Waals surface area contributed by atoms with E-state index in [-0.39, 0.29) is 29.8 Å². The van der Waals surface area contributed by atoms with Crippen molar-refractivity contribution in [1.29, 1.82) is 0 Å². The summed E-state index contributed by atoms with van der Waals surface area (Å²) in [6.07, 6.45) is 2.72. The van der Waals surface area contributed by atoms with Gasteiger partial charge in [0.1, 0.15) is 18.0 Å². The number of carboxylic acids is 1. The van der Waals surface area contributed by atoms with Gasteiger partial charge < -0.3 is 15.3 Å². The molecule has 2 saturated carbocycles. The number of carbonyl (C=O) groups is 3. The standard InChI is InChI=1S/C21H25N3O5S/c1-12(13-8-9-13)29-23(14-6-4-3-5-7-14)10-15(25)22-16-17(26)24-18(16)30-20(2)11-21(20,24)19(27)28/h3-7,12-13,16,18H,8-11H2,1-2H3,(H,22,25)(H,27,28)/t12?,16?,18-,20?,21?/m0/s1. The second-order valence-corrected chi connectivity index (χ2v) is 10.5. The summed E-state index contributed by atoms with van der Waals surface area (Å²) >= 11 is 1.48. The molecule has 0 spiro atoms. The van der Waals surface area contributed by atoms with Crippen molar-refractivity contribution in [2.75, 3.05) is 11.6 Å². The van der Waals surface area contributed by atoms with Crippen LogP contribution in [0.4, 0.5) is 5.69 Å². The summed E-state index contributed by atoms with van der Waals surface area (Å²) < 4.78 is -0.475. The first-order valence-corrected chi connectivity index (χ1v) is 11.2. The zero-order valence-corrected chi connectivity index (χ0v) is 17.7. The Balaban J connectivity index is 1.25. The number of nitrogens with zero attached hydrogens (tertiary/aromatic N) is 2. The minimum atomic E-state index is -1.11. The van der Waals surface area contributed by atoms with Crippen LogP contribution in [0.5, 0.6) is 0 Å². The maximum Gasteiger partial charge on any atom is 0.331 e. The lowest BCUT2D eigenvalue weighted by molar-refractivity contribution is -0.163. The third kappa shape index (κ3) is 2.82. The van der Waals surface area contributed by atoms with Gasteiger partial charge in [0.25, 0.3) is 0 Å². The van der Waals surface area contributed by atoms with Gasteiger partial charge in [0.15, 0.2) is 5.54 Å². The van der Waals surface area contributed by atoms with Gasteiger partial charge in [-0.3, -0.25) is 14.4 Å². The molecule has 9 heteroatoms. The van der Waals surface area contributed by atoms with Crippen molar-refractivity contribution in [2.24, 2.45) is 5.92 Å². The number of fused-ring (bicyclic) bond motifs is 3. The highest BCUT2D eigenvalue weighted by molar-refractivity contribution is 8.02. The molecule has 2 aliphatic heterocycles. The Morgan fingerprint density at radius 1 is 1.37 bits per heavy atom. The zero-order chi connectivity index (χ0) is 21.3. The number of nitrogens with one attached hydrogen (secondary N) is 1. The Labute approximate surface area is 178 Å². The molecule has 2 amide bonds. The number of anilines is 1. The van der Waals surface area contributed by atoms with Crippen LogP contribution in [0.15, 0.2) is 30.3 Å². The first-order chi connectivity index (χ1) is 14.3. The van der Waals surface area contributed by atoms with Gasteiger partial charge in [0.2, 0.25) is 11.8 Å². The molecule has 5 atom stereocenters. The van der Waals surface area contributed by atoms with Gasteiger partial charge in [-0.05, 0) is 44.7 Å². The highest BCUT2D eigenvalue weighted by Gasteiger charge is 2.85. The van der Waals surface area contributed by atoms with E-state index in [1.54, 1.807) is 5.06 Å². The number of amides is 2. The number of hydrogen-bond acceptors (Lipinski definition) is 6. The van der Waals surface area contributed by atoms with E-state index in [4.69, 9.17) is 4.84 Å². The molecule has 5 rings (SSSR count). The summed E-state index contributed by atoms with van der Waals surface area (Å²) in [7, 11) is 0. The molecule has 2 N–H and O–H groups in total. The molecule has 4 fully saturated rings. The molecule has 1 aromatic carbocycles. The summed E-state index contributed by atoms with van der Waals surface area (Å²) in [5.41, 5.74) is -0.338. The molecule has 2 saturated heterocycles. The molecule has 2 heterocycles. The van der Waals surface area contributed by atoms with E-state index in [0.717, 1.165) is 18.5 Å². The van der Waals surface area contributed by atoms with Crippen LogP contribution in [0.3, 0.4) is 0 Å². The quantitative estimate of drug-likeness (QED) is 0.477. The summed E-state index contributed by atoms with van der Waals surface area (Å²) in [4.78, 5) is 44.8. The topological polar surface area (TPSA) is 99.2 Å². The first kappa shape index (κ1) is 19.7. The van der Waals surface area contributed by atoms with Crippen molar-refractivity contribution in [3.8, 4) is 0 Å². The van der Waals surface area contributed by atoms with Gasteiger partial charge in [0.05, 0.1) is 16.5 Å². The number of hydroxylamine groups is 1. The molecule has 4 unspecified atom stereocenters. The molecule has 8 nitrogen and oxygen atoms in total. The molecule has 30 heavy (non-hydrogen) atoms. The Kier molecular flexibility index (Phi) is 4.34. The summed E-state index contributed by atoms with van der Waals surface area (Å²) in [6.45, 7) is 3.84. The predicted molar refractivity (Wildman–Crippen MR) is 111 cm³/mol. The molecule has 0 radical (unpaired) electrons. The highest BCUT2D eigenvalue weighted by Crippen LogP contribution is 2.71. The average Bonchev–Trinajstić information content (AvgIpc) is 3.63. The fourth-order valence-corrected chi connectivity index (χ4v) is 6.62. The van der Waals surface area contributed by atoms with Crippen LogP contribution in [-0.2, 0) is 19.2 Å². The number of para-hydroxylation sites is 1. The molecule has 0 bridgehead atoms. The fourth-order valence-electron chi connectivity index (χ4n) is 4.70. The second-order valence-electron chi connectivity index (χ2n) is 8.86. The Morgan fingerprint density at radius 2 is 2.07 bits per heavy atom. The normalized spacial score (nSPS) is 34.5.